The fourth-order valence-electron chi connectivity index (χ4n) is 2.11. The van der Waals surface area contributed by atoms with Crippen molar-refractivity contribution in [3.63, 3.8) is 0 Å². The first-order valence-corrected chi connectivity index (χ1v) is 7.27. The van der Waals surface area contributed by atoms with Crippen LogP contribution in [-0.4, -0.2) is 27.3 Å². The van der Waals surface area contributed by atoms with Crippen molar-refractivity contribution in [3.05, 3.63) is 72.4 Å². The average Bonchev–Trinajstić information content (AvgIpc) is 2.91. The van der Waals surface area contributed by atoms with Crippen LogP contribution in [-0.2, 0) is 4.74 Å². The molecule has 1 aliphatic rings. The molecule has 0 aromatic carbocycles. The van der Waals surface area contributed by atoms with E-state index in [2.05, 4.69) is 15.8 Å². The Labute approximate surface area is 133 Å². The first-order valence-electron chi connectivity index (χ1n) is 7.27. The van der Waals surface area contributed by atoms with E-state index in [1.54, 1.807) is 29.9 Å². The van der Waals surface area contributed by atoms with Crippen molar-refractivity contribution >= 4 is 11.7 Å². The number of aromatic nitrogens is 3. The molecule has 0 fully saturated rings. The number of esters is 1. The van der Waals surface area contributed by atoms with Crippen LogP contribution in [0.15, 0.2) is 66.7 Å². The molecule has 5 nitrogen and oxygen atoms in total. The maximum atomic E-state index is 11.8. The van der Waals surface area contributed by atoms with E-state index < -0.39 is 5.97 Å². The molecule has 0 saturated carbocycles. The summed E-state index contributed by atoms with van der Waals surface area (Å²) >= 11 is 0. The predicted molar refractivity (Wildman–Crippen MR) is 87.5 cm³/mol. The number of rotatable bonds is 4. The van der Waals surface area contributed by atoms with Gasteiger partial charge in [0.25, 0.3) is 0 Å². The Hall–Kier alpha value is -3.17. The second kappa shape index (κ2) is 6.73. The molecule has 2 aromatic rings. The van der Waals surface area contributed by atoms with Crippen LogP contribution in [0.1, 0.15) is 17.4 Å². The van der Waals surface area contributed by atoms with Gasteiger partial charge in [-0.15, -0.1) is 5.73 Å². The summed E-state index contributed by atoms with van der Waals surface area (Å²) in [4.78, 5) is 16.1. The summed E-state index contributed by atoms with van der Waals surface area (Å²) in [6, 6.07) is 5.26. The zero-order chi connectivity index (χ0) is 16.1. The van der Waals surface area contributed by atoms with Gasteiger partial charge in [-0.05, 0) is 43.4 Å². The third kappa shape index (κ3) is 3.36. The van der Waals surface area contributed by atoms with Gasteiger partial charge in [-0.25, -0.2) is 14.5 Å². The fraction of sp³-hybridized carbons (Fsp3) is 0.111. The number of pyridine rings is 1. The third-order valence-electron chi connectivity index (χ3n) is 3.19. The van der Waals surface area contributed by atoms with E-state index in [9.17, 15) is 4.79 Å². The number of carbonyl (C=O) groups excluding carboxylic acids is 1. The van der Waals surface area contributed by atoms with Crippen LogP contribution in [0.3, 0.4) is 0 Å². The van der Waals surface area contributed by atoms with Gasteiger partial charge in [0.15, 0.2) is 0 Å². The van der Waals surface area contributed by atoms with Gasteiger partial charge in [0.2, 0.25) is 0 Å². The summed E-state index contributed by atoms with van der Waals surface area (Å²) in [5.41, 5.74) is 5.71. The van der Waals surface area contributed by atoms with Crippen molar-refractivity contribution in [3.8, 4) is 11.3 Å². The molecule has 3 rings (SSSR count). The highest BCUT2D eigenvalue weighted by Gasteiger charge is 2.11. The molecule has 0 amide bonds. The van der Waals surface area contributed by atoms with Crippen molar-refractivity contribution in [2.24, 2.45) is 0 Å². The molecule has 5 heteroatoms. The van der Waals surface area contributed by atoms with Crippen LogP contribution in [0.25, 0.3) is 17.0 Å². The minimum atomic E-state index is -0.424. The van der Waals surface area contributed by atoms with E-state index in [0.29, 0.717) is 12.3 Å². The Bertz CT molecular complexity index is 853. The molecule has 0 spiro atoms. The number of allylic oxidation sites excluding steroid dienone is 5. The van der Waals surface area contributed by atoms with E-state index in [1.807, 2.05) is 42.6 Å². The van der Waals surface area contributed by atoms with Crippen molar-refractivity contribution in [1.29, 1.82) is 0 Å². The molecular weight excluding hydrogens is 290 g/mol. The maximum absolute atomic E-state index is 11.8. The molecule has 0 bridgehead atoms. The lowest BCUT2D eigenvalue weighted by atomic mass is 10.2. The Morgan fingerprint density at radius 3 is 3.13 bits per heavy atom. The van der Waals surface area contributed by atoms with Crippen LogP contribution in [0, 0.1) is 0 Å². The van der Waals surface area contributed by atoms with Gasteiger partial charge in [-0.3, -0.25) is 0 Å². The number of hydrogen-bond donors (Lipinski definition) is 0. The van der Waals surface area contributed by atoms with E-state index >= 15 is 0 Å². The lowest BCUT2D eigenvalue weighted by Crippen LogP contribution is -2.07. The van der Waals surface area contributed by atoms with Gasteiger partial charge in [0, 0.05) is 11.8 Å². The summed E-state index contributed by atoms with van der Waals surface area (Å²) < 4.78 is 6.73. The zero-order valence-corrected chi connectivity index (χ0v) is 12.6. The van der Waals surface area contributed by atoms with E-state index in [1.165, 1.54) is 0 Å². The van der Waals surface area contributed by atoms with Crippen LogP contribution in [0.5, 0.6) is 0 Å². The lowest BCUT2D eigenvalue weighted by Gasteiger charge is -2.03. The molecule has 2 aromatic heterocycles. The van der Waals surface area contributed by atoms with Gasteiger partial charge in [0.05, 0.1) is 24.2 Å². The second-order valence-corrected chi connectivity index (χ2v) is 4.75. The maximum Gasteiger partial charge on any atom is 0.356 e. The van der Waals surface area contributed by atoms with Gasteiger partial charge in [-0.1, -0.05) is 12.1 Å². The van der Waals surface area contributed by atoms with Crippen molar-refractivity contribution in [1.82, 2.24) is 14.8 Å². The molecule has 114 valence electrons. The summed E-state index contributed by atoms with van der Waals surface area (Å²) in [6.07, 6.45) is 13.0. The quantitative estimate of drug-likeness (QED) is 0.643. The van der Waals surface area contributed by atoms with Gasteiger partial charge in [0.1, 0.15) is 5.69 Å². The Morgan fingerprint density at radius 1 is 1.35 bits per heavy atom. The summed E-state index contributed by atoms with van der Waals surface area (Å²) in [5, 5.41) is 4.35. The third-order valence-corrected chi connectivity index (χ3v) is 3.19. The van der Waals surface area contributed by atoms with Crippen molar-refractivity contribution in [2.75, 3.05) is 6.61 Å². The zero-order valence-electron chi connectivity index (χ0n) is 12.6. The molecule has 23 heavy (non-hydrogen) atoms. The number of carbonyl (C=O) groups is 1. The first-order chi connectivity index (χ1) is 11.3. The van der Waals surface area contributed by atoms with Gasteiger partial charge >= 0.3 is 5.97 Å². The standard InChI is InChI=1S/C18H15N3O2/c1-2-23-18(22)17-11-7-10-16(20-17)14-12-19-21(13-14)15-8-5-3-4-6-9-15/h3,5-13H,2H2,1H3. The molecule has 1 aliphatic carbocycles. The van der Waals surface area contributed by atoms with E-state index in [0.717, 1.165) is 11.3 Å². The van der Waals surface area contributed by atoms with Crippen LogP contribution in [0.4, 0.5) is 0 Å². The van der Waals surface area contributed by atoms with Gasteiger partial charge in [-0.2, -0.15) is 5.10 Å². The normalized spacial score (nSPS) is 12.8. The minimum Gasteiger partial charge on any atom is -0.461 e. The molecule has 0 radical (unpaired) electrons. The smallest absolute Gasteiger partial charge is 0.356 e. The SMILES string of the molecule is CCOC(=O)c1cccc(-c2cnn(C3=CC=C=CC=C3)c2)n1. The van der Waals surface area contributed by atoms with Crippen LogP contribution < -0.4 is 0 Å². The summed E-state index contributed by atoms with van der Waals surface area (Å²) in [6.45, 7) is 2.09. The Kier molecular flexibility index (Phi) is 4.32. The number of nitrogens with zero attached hydrogens (tertiary/aromatic N) is 3. The lowest BCUT2D eigenvalue weighted by molar-refractivity contribution is 0.0519. The topological polar surface area (TPSA) is 57.0 Å². The highest BCUT2D eigenvalue weighted by molar-refractivity contribution is 5.87. The molecule has 0 N–H and O–H groups in total. The molecule has 0 atom stereocenters. The van der Waals surface area contributed by atoms with Crippen molar-refractivity contribution < 1.29 is 9.53 Å². The Morgan fingerprint density at radius 2 is 2.26 bits per heavy atom. The molecule has 0 unspecified atom stereocenters. The largest absolute Gasteiger partial charge is 0.461 e. The van der Waals surface area contributed by atoms with E-state index in [4.69, 9.17) is 4.74 Å². The molecule has 2 heterocycles. The van der Waals surface area contributed by atoms with Crippen LogP contribution >= 0.6 is 0 Å². The molecule has 0 saturated heterocycles. The highest BCUT2D eigenvalue weighted by atomic mass is 16.5. The summed E-state index contributed by atoms with van der Waals surface area (Å²) in [7, 11) is 0. The highest BCUT2D eigenvalue weighted by Crippen LogP contribution is 2.19. The number of ether oxygens (including phenoxy) is 1. The fourth-order valence-corrected chi connectivity index (χ4v) is 2.11. The monoisotopic (exact) mass is 305 g/mol. The van der Waals surface area contributed by atoms with Crippen molar-refractivity contribution in [2.45, 2.75) is 6.92 Å². The average molecular weight is 305 g/mol. The Balaban J connectivity index is 1.89. The van der Waals surface area contributed by atoms with Crippen LogP contribution in [0.2, 0.25) is 0 Å². The molecule has 0 aliphatic heterocycles. The predicted octanol–water partition coefficient (Wildman–Crippen LogP) is 3.24. The summed E-state index contributed by atoms with van der Waals surface area (Å²) in [5.74, 6) is -0.424. The first kappa shape index (κ1) is 14.8. The molecular formula is C18H15N3O2. The second-order valence-electron chi connectivity index (χ2n) is 4.75. The minimum absolute atomic E-state index is 0.290. The van der Waals surface area contributed by atoms with Gasteiger partial charge < -0.3 is 4.74 Å². The van der Waals surface area contributed by atoms with E-state index in [-0.39, 0.29) is 5.69 Å². The number of hydrogen-bond acceptors (Lipinski definition) is 4.